The first-order valence-corrected chi connectivity index (χ1v) is 7.60. The van der Waals surface area contributed by atoms with Crippen LogP contribution < -0.4 is 5.73 Å². The van der Waals surface area contributed by atoms with Crippen molar-refractivity contribution < 1.29 is 4.39 Å². The molecule has 0 bridgehead atoms. The molecule has 1 aromatic carbocycles. The van der Waals surface area contributed by atoms with Crippen molar-refractivity contribution in [1.82, 2.24) is 9.78 Å². The van der Waals surface area contributed by atoms with Gasteiger partial charge in [-0.3, -0.25) is 4.68 Å². The summed E-state index contributed by atoms with van der Waals surface area (Å²) in [5.41, 5.74) is 10.0. The first kappa shape index (κ1) is 15.2. The third kappa shape index (κ3) is 3.10. The predicted molar refractivity (Wildman–Crippen MR) is 82.1 cm³/mol. The van der Waals surface area contributed by atoms with E-state index >= 15 is 0 Å². The molecule has 3 nitrogen and oxygen atoms in total. The van der Waals surface area contributed by atoms with Gasteiger partial charge in [0.15, 0.2) is 0 Å². The van der Waals surface area contributed by atoms with Crippen molar-refractivity contribution in [3.8, 4) is 0 Å². The van der Waals surface area contributed by atoms with Crippen LogP contribution in [0.3, 0.4) is 0 Å². The Kier molecular flexibility index (Phi) is 4.94. The highest BCUT2D eigenvalue weighted by Crippen LogP contribution is 2.20. The van der Waals surface area contributed by atoms with E-state index in [1.54, 1.807) is 6.07 Å². The largest absolute Gasteiger partial charge is 0.326 e. The van der Waals surface area contributed by atoms with Crippen LogP contribution in [0.25, 0.3) is 0 Å². The number of benzene rings is 1. The van der Waals surface area contributed by atoms with Crippen molar-refractivity contribution in [1.29, 1.82) is 0 Å². The van der Waals surface area contributed by atoms with Crippen molar-refractivity contribution in [2.45, 2.75) is 39.8 Å². The molecule has 2 N–H and O–H groups in total. The summed E-state index contributed by atoms with van der Waals surface area (Å²) in [6.07, 6.45) is 1.73. The standard InChI is InChI=1S/C15H19BrFN3/c1-3-14-13(8-18)15(4-2)20(19-14)9-10-5-11(16)7-12(17)6-10/h5-7H,3-4,8-9,18H2,1-2H3. The minimum absolute atomic E-state index is 0.241. The molecule has 0 amide bonds. The summed E-state index contributed by atoms with van der Waals surface area (Å²) < 4.78 is 16.1. The molecule has 5 heteroatoms. The Balaban J connectivity index is 2.40. The molecule has 2 aromatic rings. The zero-order valence-electron chi connectivity index (χ0n) is 11.8. The topological polar surface area (TPSA) is 43.8 Å². The van der Waals surface area contributed by atoms with Crippen molar-refractivity contribution in [3.05, 3.63) is 51.0 Å². The van der Waals surface area contributed by atoms with Crippen LogP contribution in [0.1, 0.15) is 36.4 Å². The number of nitrogens with zero attached hydrogens (tertiary/aromatic N) is 2. The summed E-state index contributed by atoms with van der Waals surface area (Å²) in [5.74, 6) is -0.241. The second-order valence-corrected chi connectivity index (χ2v) is 5.63. The van der Waals surface area contributed by atoms with Crippen molar-refractivity contribution in [3.63, 3.8) is 0 Å². The summed E-state index contributed by atoms with van der Waals surface area (Å²) in [5, 5.41) is 4.62. The number of hydrogen-bond acceptors (Lipinski definition) is 2. The minimum atomic E-state index is -0.241. The van der Waals surface area contributed by atoms with E-state index in [9.17, 15) is 4.39 Å². The van der Waals surface area contributed by atoms with E-state index in [0.717, 1.165) is 39.8 Å². The number of aryl methyl sites for hydroxylation is 1. The molecule has 0 unspecified atom stereocenters. The monoisotopic (exact) mass is 339 g/mol. The fourth-order valence-corrected chi connectivity index (χ4v) is 3.02. The lowest BCUT2D eigenvalue weighted by Crippen LogP contribution is -2.08. The van der Waals surface area contributed by atoms with Crippen LogP contribution in [-0.2, 0) is 25.9 Å². The van der Waals surface area contributed by atoms with Crippen LogP contribution in [-0.4, -0.2) is 9.78 Å². The minimum Gasteiger partial charge on any atom is -0.326 e. The lowest BCUT2D eigenvalue weighted by molar-refractivity contribution is 0.610. The average Bonchev–Trinajstić information content (AvgIpc) is 2.74. The third-order valence-corrected chi connectivity index (χ3v) is 3.84. The lowest BCUT2D eigenvalue weighted by atomic mass is 10.1. The fourth-order valence-electron chi connectivity index (χ4n) is 2.51. The van der Waals surface area contributed by atoms with Gasteiger partial charge in [0.2, 0.25) is 0 Å². The van der Waals surface area contributed by atoms with Gasteiger partial charge in [-0.05, 0) is 36.6 Å². The fraction of sp³-hybridized carbons (Fsp3) is 0.400. The number of hydrogen-bond donors (Lipinski definition) is 1. The number of rotatable bonds is 5. The molecule has 0 saturated heterocycles. The predicted octanol–water partition coefficient (Wildman–Crippen LogP) is 3.42. The van der Waals surface area contributed by atoms with Gasteiger partial charge in [0.25, 0.3) is 0 Å². The van der Waals surface area contributed by atoms with E-state index in [4.69, 9.17) is 5.73 Å². The maximum Gasteiger partial charge on any atom is 0.124 e. The van der Waals surface area contributed by atoms with E-state index in [2.05, 4.69) is 34.9 Å². The Morgan fingerprint density at radius 3 is 2.55 bits per heavy atom. The van der Waals surface area contributed by atoms with Crippen molar-refractivity contribution in [2.24, 2.45) is 5.73 Å². The molecule has 2 rings (SSSR count). The molecular weight excluding hydrogens is 321 g/mol. The molecule has 1 aromatic heterocycles. The molecule has 0 saturated carbocycles. The van der Waals surface area contributed by atoms with Crippen LogP contribution in [0.5, 0.6) is 0 Å². The third-order valence-electron chi connectivity index (χ3n) is 3.38. The van der Waals surface area contributed by atoms with Crippen LogP contribution >= 0.6 is 15.9 Å². The Bertz CT molecular complexity index is 587. The zero-order chi connectivity index (χ0) is 14.7. The zero-order valence-corrected chi connectivity index (χ0v) is 13.4. The van der Waals surface area contributed by atoms with Gasteiger partial charge in [0.1, 0.15) is 5.82 Å². The summed E-state index contributed by atoms with van der Waals surface area (Å²) in [4.78, 5) is 0. The Morgan fingerprint density at radius 1 is 1.25 bits per heavy atom. The first-order chi connectivity index (χ1) is 9.58. The Hall–Kier alpha value is -1.20. The van der Waals surface area contributed by atoms with Gasteiger partial charge in [-0.1, -0.05) is 29.8 Å². The van der Waals surface area contributed by atoms with Crippen molar-refractivity contribution >= 4 is 15.9 Å². The van der Waals surface area contributed by atoms with Crippen LogP contribution in [0, 0.1) is 5.82 Å². The summed E-state index contributed by atoms with van der Waals surface area (Å²) in [7, 11) is 0. The molecule has 108 valence electrons. The molecule has 20 heavy (non-hydrogen) atoms. The van der Waals surface area contributed by atoms with E-state index < -0.39 is 0 Å². The highest BCUT2D eigenvalue weighted by molar-refractivity contribution is 9.10. The molecule has 1 heterocycles. The Labute approximate surface area is 127 Å². The van der Waals surface area contributed by atoms with E-state index in [1.807, 2.05) is 10.7 Å². The summed E-state index contributed by atoms with van der Waals surface area (Å²) in [6, 6.07) is 4.91. The SMILES string of the molecule is CCc1nn(Cc2cc(F)cc(Br)c2)c(CC)c1CN. The van der Waals surface area contributed by atoms with Crippen LogP contribution in [0.15, 0.2) is 22.7 Å². The van der Waals surface area contributed by atoms with Gasteiger partial charge in [0.05, 0.1) is 12.2 Å². The van der Waals surface area contributed by atoms with E-state index in [-0.39, 0.29) is 5.82 Å². The second kappa shape index (κ2) is 6.50. The number of nitrogens with two attached hydrogens (primary N) is 1. The van der Waals surface area contributed by atoms with Gasteiger partial charge < -0.3 is 5.73 Å². The second-order valence-electron chi connectivity index (χ2n) is 4.72. The van der Waals surface area contributed by atoms with Crippen LogP contribution in [0.2, 0.25) is 0 Å². The molecule has 0 spiro atoms. The quantitative estimate of drug-likeness (QED) is 0.906. The molecule has 0 aliphatic heterocycles. The maximum atomic E-state index is 13.5. The Morgan fingerprint density at radius 2 is 2.00 bits per heavy atom. The lowest BCUT2D eigenvalue weighted by Gasteiger charge is -2.08. The van der Waals surface area contributed by atoms with E-state index in [0.29, 0.717) is 13.1 Å². The van der Waals surface area contributed by atoms with E-state index in [1.165, 1.54) is 6.07 Å². The highest BCUT2D eigenvalue weighted by atomic mass is 79.9. The highest BCUT2D eigenvalue weighted by Gasteiger charge is 2.14. The van der Waals surface area contributed by atoms with Gasteiger partial charge in [-0.15, -0.1) is 0 Å². The van der Waals surface area contributed by atoms with Gasteiger partial charge in [-0.2, -0.15) is 5.10 Å². The summed E-state index contributed by atoms with van der Waals surface area (Å²) in [6.45, 7) is 5.23. The molecule has 0 aliphatic rings. The molecule has 0 atom stereocenters. The molecule has 0 radical (unpaired) electrons. The average molecular weight is 340 g/mol. The van der Waals surface area contributed by atoms with Crippen molar-refractivity contribution in [2.75, 3.05) is 0 Å². The smallest absolute Gasteiger partial charge is 0.124 e. The number of aromatic nitrogens is 2. The normalized spacial score (nSPS) is 11.1. The first-order valence-electron chi connectivity index (χ1n) is 6.81. The van der Waals surface area contributed by atoms with Gasteiger partial charge in [-0.25, -0.2) is 4.39 Å². The summed E-state index contributed by atoms with van der Waals surface area (Å²) >= 11 is 3.32. The molecule has 0 aliphatic carbocycles. The molecular formula is C15H19BrFN3. The van der Waals surface area contributed by atoms with Gasteiger partial charge in [0, 0.05) is 22.3 Å². The van der Waals surface area contributed by atoms with Crippen LogP contribution in [0.4, 0.5) is 4.39 Å². The maximum absolute atomic E-state index is 13.5. The molecule has 0 fully saturated rings. The number of halogens is 2. The van der Waals surface area contributed by atoms with Gasteiger partial charge >= 0.3 is 0 Å².